The van der Waals surface area contributed by atoms with Gasteiger partial charge in [0.05, 0.1) is 0 Å². The first kappa shape index (κ1) is 20.2. The van der Waals surface area contributed by atoms with E-state index in [9.17, 15) is 14.4 Å². The third kappa shape index (κ3) is 6.26. The Morgan fingerprint density at radius 2 is 1.70 bits per heavy atom. The van der Waals surface area contributed by atoms with E-state index in [0.29, 0.717) is 17.2 Å². The van der Waals surface area contributed by atoms with E-state index in [4.69, 9.17) is 9.47 Å². The maximum Gasteiger partial charge on any atom is 0.344 e. The lowest BCUT2D eigenvalue weighted by Gasteiger charge is -2.12. The van der Waals surface area contributed by atoms with Gasteiger partial charge >= 0.3 is 5.97 Å². The van der Waals surface area contributed by atoms with Crippen LogP contribution in [0.25, 0.3) is 0 Å². The van der Waals surface area contributed by atoms with Gasteiger partial charge < -0.3 is 9.47 Å². The van der Waals surface area contributed by atoms with E-state index in [1.165, 1.54) is 5.56 Å². The summed E-state index contributed by atoms with van der Waals surface area (Å²) in [6, 6.07) is 13.9. The fraction of sp³-hybridized carbons (Fsp3) is 0.286. The Kier molecular flexibility index (Phi) is 7.11. The van der Waals surface area contributed by atoms with E-state index in [0.717, 1.165) is 5.56 Å². The summed E-state index contributed by atoms with van der Waals surface area (Å²) in [4.78, 5) is 35.2. The first-order valence-electron chi connectivity index (χ1n) is 8.65. The van der Waals surface area contributed by atoms with Crippen LogP contribution in [0.1, 0.15) is 41.3 Å². The highest BCUT2D eigenvalue weighted by Crippen LogP contribution is 2.23. The van der Waals surface area contributed by atoms with Crippen molar-refractivity contribution in [1.82, 2.24) is 5.32 Å². The number of amides is 2. The maximum absolute atomic E-state index is 11.8. The molecule has 27 heavy (non-hydrogen) atoms. The number of carbonyl (C=O) groups excluding carboxylic acids is 3. The number of nitrogens with one attached hydrogen (secondary N) is 1. The monoisotopic (exact) mass is 369 g/mol. The van der Waals surface area contributed by atoms with Gasteiger partial charge in [0, 0.05) is 5.56 Å². The lowest BCUT2D eigenvalue weighted by atomic mass is 9.98. The van der Waals surface area contributed by atoms with Gasteiger partial charge in [-0.25, -0.2) is 4.79 Å². The van der Waals surface area contributed by atoms with Crippen molar-refractivity contribution in [3.8, 4) is 5.75 Å². The molecule has 0 aliphatic carbocycles. The molecule has 0 heterocycles. The fourth-order valence-electron chi connectivity index (χ4n) is 2.54. The van der Waals surface area contributed by atoms with Crippen LogP contribution in [0.3, 0.4) is 0 Å². The molecule has 0 unspecified atom stereocenters. The van der Waals surface area contributed by atoms with Crippen molar-refractivity contribution in [2.75, 3.05) is 13.2 Å². The third-order valence-corrected chi connectivity index (χ3v) is 3.87. The lowest BCUT2D eigenvalue weighted by Crippen LogP contribution is -2.34. The molecule has 2 aromatic carbocycles. The van der Waals surface area contributed by atoms with E-state index in [-0.39, 0.29) is 6.61 Å². The normalized spacial score (nSPS) is 10.4. The number of hydrogen-bond acceptors (Lipinski definition) is 5. The van der Waals surface area contributed by atoms with Gasteiger partial charge in [-0.2, -0.15) is 0 Å². The molecule has 6 nitrogen and oxygen atoms in total. The van der Waals surface area contributed by atoms with Crippen molar-refractivity contribution in [1.29, 1.82) is 0 Å². The Labute approximate surface area is 158 Å². The summed E-state index contributed by atoms with van der Waals surface area (Å²) >= 11 is 0. The van der Waals surface area contributed by atoms with Crippen LogP contribution in [0.15, 0.2) is 48.5 Å². The van der Waals surface area contributed by atoms with Crippen LogP contribution in [0.5, 0.6) is 5.75 Å². The van der Waals surface area contributed by atoms with Crippen LogP contribution in [0.4, 0.5) is 0 Å². The Morgan fingerprint density at radius 1 is 1.00 bits per heavy atom. The highest BCUT2D eigenvalue weighted by Gasteiger charge is 2.13. The van der Waals surface area contributed by atoms with Crippen LogP contribution in [-0.4, -0.2) is 31.0 Å². The molecule has 0 fully saturated rings. The van der Waals surface area contributed by atoms with E-state index >= 15 is 0 Å². The molecule has 0 atom stereocenters. The number of carbonyl (C=O) groups is 3. The smallest absolute Gasteiger partial charge is 0.344 e. The molecule has 0 saturated carbocycles. The van der Waals surface area contributed by atoms with Crippen LogP contribution in [0, 0.1) is 6.92 Å². The molecule has 0 saturated heterocycles. The summed E-state index contributed by atoms with van der Waals surface area (Å²) in [5, 5.41) is 2.15. The summed E-state index contributed by atoms with van der Waals surface area (Å²) < 4.78 is 10.2. The number of esters is 1. The number of rotatable bonds is 7. The fourth-order valence-corrected chi connectivity index (χ4v) is 2.54. The maximum atomic E-state index is 11.8. The van der Waals surface area contributed by atoms with Crippen molar-refractivity contribution in [3.05, 3.63) is 65.2 Å². The van der Waals surface area contributed by atoms with Crippen LogP contribution < -0.4 is 10.1 Å². The van der Waals surface area contributed by atoms with E-state index in [1.54, 1.807) is 36.4 Å². The van der Waals surface area contributed by atoms with Gasteiger partial charge in [-0.3, -0.25) is 14.9 Å². The largest absolute Gasteiger partial charge is 0.482 e. The minimum absolute atomic E-state index is 0.319. The van der Waals surface area contributed by atoms with E-state index in [1.807, 2.05) is 19.1 Å². The molecule has 0 spiro atoms. The zero-order chi connectivity index (χ0) is 19.8. The molecular formula is C21H23NO5. The van der Waals surface area contributed by atoms with Crippen molar-refractivity contribution in [3.63, 3.8) is 0 Å². The first-order chi connectivity index (χ1) is 12.9. The average molecular weight is 369 g/mol. The van der Waals surface area contributed by atoms with Gasteiger partial charge in [-0.15, -0.1) is 0 Å². The minimum atomic E-state index is -0.700. The number of hydrogen-bond donors (Lipinski definition) is 1. The van der Waals surface area contributed by atoms with Crippen molar-refractivity contribution in [2.45, 2.75) is 26.7 Å². The lowest BCUT2D eigenvalue weighted by molar-refractivity contribution is -0.150. The molecule has 2 amide bonds. The molecule has 0 aromatic heterocycles. The molecule has 0 bridgehead atoms. The Hall–Kier alpha value is -3.15. The molecule has 0 aliphatic heterocycles. The van der Waals surface area contributed by atoms with Crippen LogP contribution >= 0.6 is 0 Å². The predicted octanol–water partition coefficient (Wildman–Crippen LogP) is 3.00. The number of aryl methyl sites for hydroxylation is 1. The summed E-state index contributed by atoms with van der Waals surface area (Å²) in [5.41, 5.74) is 2.64. The van der Waals surface area contributed by atoms with Crippen molar-refractivity contribution >= 4 is 17.8 Å². The first-order valence-corrected chi connectivity index (χ1v) is 8.65. The zero-order valence-electron chi connectivity index (χ0n) is 15.7. The summed E-state index contributed by atoms with van der Waals surface area (Å²) in [7, 11) is 0. The zero-order valence-corrected chi connectivity index (χ0v) is 15.7. The molecule has 142 valence electrons. The van der Waals surface area contributed by atoms with Gasteiger partial charge in [-0.1, -0.05) is 38.1 Å². The highest BCUT2D eigenvalue weighted by atomic mass is 16.6. The quantitative estimate of drug-likeness (QED) is 0.759. The number of benzene rings is 2. The van der Waals surface area contributed by atoms with Gasteiger partial charge in [0.15, 0.2) is 13.2 Å². The molecule has 1 N–H and O–H groups in total. The predicted molar refractivity (Wildman–Crippen MR) is 101 cm³/mol. The Morgan fingerprint density at radius 3 is 2.33 bits per heavy atom. The average Bonchev–Trinajstić information content (AvgIpc) is 2.65. The van der Waals surface area contributed by atoms with Crippen molar-refractivity contribution in [2.24, 2.45) is 0 Å². The Bertz CT molecular complexity index is 815. The topological polar surface area (TPSA) is 81.7 Å². The van der Waals surface area contributed by atoms with Gasteiger partial charge in [0.1, 0.15) is 5.75 Å². The second-order valence-electron chi connectivity index (χ2n) is 6.37. The summed E-state index contributed by atoms with van der Waals surface area (Å²) in [5.74, 6) is -0.982. The third-order valence-electron chi connectivity index (χ3n) is 3.87. The molecule has 6 heteroatoms. The number of imide groups is 1. The SMILES string of the molecule is Cc1cc(OCC(=O)OCC(=O)NC(=O)c2ccccc2)ccc1C(C)C. The summed E-state index contributed by atoms with van der Waals surface area (Å²) in [6.45, 7) is 5.32. The van der Waals surface area contributed by atoms with Gasteiger partial charge in [0.2, 0.25) is 0 Å². The molecule has 0 aliphatic rings. The highest BCUT2D eigenvalue weighted by molar-refractivity contribution is 6.05. The van der Waals surface area contributed by atoms with Crippen molar-refractivity contribution < 1.29 is 23.9 Å². The van der Waals surface area contributed by atoms with Crippen LogP contribution in [-0.2, 0) is 14.3 Å². The minimum Gasteiger partial charge on any atom is -0.482 e. The van der Waals surface area contributed by atoms with Gasteiger partial charge in [0.25, 0.3) is 11.8 Å². The standard InChI is InChI=1S/C21H23NO5/c1-14(2)18-10-9-17(11-15(18)3)26-13-20(24)27-12-19(23)22-21(25)16-7-5-4-6-8-16/h4-11,14H,12-13H2,1-3H3,(H,22,23,25). The second-order valence-corrected chi connectivity index (χ2v) is 6.37. The second kappa shape index (κ2) is 9.52. The summed E-state index contributed by atoms with van der Waals surface area (Å²) in [6.07, 6.45) is 0. The Balaban J connectivity index is 1.75. The molecule has 0 radical (unpaired) electrons. The van der Waals surface area contributed by atoms with E-state index < -0.39 is 24.4 Å². The van der Waals surface area contributed by atoms with Crippen LogP contribution in [0.2, 0.25) is 0 Å². The number of ether oxygens (including phenoxy) is 2. The van der Waals surface area contributed by atoms with Gasteiger partial charge in [-0.05, 0) is 48.2 Å². The van der Waals surface area contributed by atoms with E-state index in [2.05, 4.69) is 19.2 Å². The molecule has 2 rings (SSSR count). The molecule has 2 aromatic rings. The molecular weight excluding hydrogens is 346 g/mol.